The maximum absolute atomic E-state index is 0. The maximum atomic E-state index is 0. The van der Waals surface area contributed by atoms with Crippen molar-refractivity contribution in [2.45, 2.75) is 0 Å². The van der Waals surface area contributed by atoms with Crippen LogP contribution < -0.4 is 0 Å². The molecule has 0 atom stereocenters. The van der Waals surface area contributed by atoms with Crippen LogP contribution in [0.5, 0.6) is 0 Å². The Hall–Kier alpha value is 2.36. The van der Waals surface area contributed by atoms with Gasteiger partial charge in [0.05, 0.1) is 0 Å². The minimum absolute atomic E-state index is 0. The van der Waals surface area contributed by atoms with Crippen molar-refractivity contribution in [1.29, 1.82) is 0 Å². The molecule has 0 saturated carbocycles. The Morgan fingerprint density at radius 2 is 0.500 bits per heavy atom. The zero-order chi connectivity index (χ0) is 0. The van der Waals surface area contributed by atoms with Gasteiger partial charge in [-0.15, -0.1) is 0 Å². The van der Waals surface area contributed by atoms with Gasteiger partial charge in [0, 0.05) is 0 Å². The van der Waals surface area contributed by atoms with Gasteiger partial charge in [-0.2, -0.15) is 0 Å². The van der Waals surface area contributed by atoms with Crippen molar-refractivity contribution in [3.63, 3.8) is 0 Å². The summed E-state index contributed by atoms with van der Waals surface area (Å²) in [6.07, 6.45) is 0. The monoisotopic (exact) mass is 396 g/mol. The third-order valence-corrected chi connectivity index (χ3v) is 0. The Morgan fingerprint density at radius 1 is 0.500 bits per heavy atom. The van der Waals surface area contributed by atoms with Crippen molar-refractivity contribution in [3.05, 3.63) is 0 Å². The molecule has 0 aromatic carbocycles. The van der Waals surface area contributed by atoms with E-state index in [9.17, 15) is 0 Å². The van der Waals surface area contributed by atoms with Crippen LogP contribution in [0.1, 0.15) is 0 Å². The van der Waals surface area contributed by atoms with Crippen molar-refractivity contribution in [3.8, 4) is 0 Å². The van der Waals surface area contributed by atoms with Crippen LogP contribution in [0.2, 0.25) is 0 Å². The predicted octanol–water partition coefficient (Wildman–Crippen LogP) is -0.204. The van der Waals surface area contributed by atoms with Crippen molar-refractivity contribution >= 4 is 0 Å². The normalized spacial score (nSPS) is 0. The van der Waals surface area contributed by atoms with E-state index in [4.69, 9.17) is 0 Å². The summed E-state index contributed by atoms with van der Waals surface area (Å²) in [4.78, 5) is 0. The van der Waals surface area contributed by atoms with E-state index in [1.165, 1.54) is 0 Å². The first-order valence-electron chi connectivity index (χ1n) is 0. The van der Waals surface area contributed by atoms with Crippen LogP contribution >= 0.6 is 0 Å². The smallest absolute Gasteiger partial charge is 2.00 e. The van der Waals surface area contributed by atoms with Crippen molar-refractivity contribution in [2.75, 3.05) is 0 Å². The summed E-state index contributed by atoms with van der Waals surface area (Å²) in [5.41, 5.74) is 0. The van der Waals surface area contributed by atoms with Gasteiger partial charge in [-0.1, -0.05) is 0 Å². The van der Waals surface area contributed by atoms with Gasteiger partial charge < -0.3 is 16.4 Å². The van der Waals surface area contributed by atoms with Gasteiger partial charge in [0.1, 0.15) is 0 Å². The third-order valence-electron chi connectivity index (χ3n) is 0. The van der Waals surface area contributed by atoms with Gasteiger partial charge in [0.15, 0.2) is 0 Å². The van der Waals surface area contributed by atoms with Crippen LogP contribution in [-0.4, -0.2) is 0 Å². The summed E-state index contributed by atoms with van der Waals surface area (Å²) >= 11 is 0. The third kappa shape index (κ3) is 32.9. The van der Waals surface area contributed by atoms with E-state index < -0.39 is 0 Å². The van der Waals surface area contributed by atoms with Gasteiger partial charge in [-0.3, -0.25) is 4.70 Å². The van der Waals surface area contributed by atoms with Gasteiger partial charge in [0.25, 0.3) is 0 Å². The minimum atomic E-state index is 0. The molecular formula is HDy2FO3. The summed E-state index contributed by atoms with van der Waals surface area (Å²) in [7, 11) is 0. The molecule has 0 aliphatic heterocycles. The molecule has 0 amide bonds. The molecule has 2 radical (unpaired) electrons. The molecule has 0 spiro atoms. The summed E-state index contributed by atoms with van der Waals surface area (Å²) in [6, 6.07) is 0. The summed E-state index contributed by atoms with van der Waals surface area (Å²) in [5.74, 6) is 0. The van der Waals surface area contributed by atoms with Crippen LogP contribution in [-0.2, 0) is 16.4 Å². The Bertz CT molecular complexity index is 8.75. The molecule has 0 heterocycles. The standard InChI is InChI=1S/2Dy.FH.3O/h;;1H;;;/q2*+3;;3*-2. The fourth-order valence-corrected chi connectivity index (χ4v) is 0. The van der Waals surface area contributed by atoms with E-state index in [2.05, 4.69) is 0 Å². The van der Waals surface area contributed by atoms with Crippen LogP contribution in [0.15, 0.2) is 0 Å². The van der Waals surface area contributed by atoms with E-state index >= 15 is 0 Å². The van der Waals surface area contributed by atoms with Crippen molar-refractivity contribution in [2.24, 2.45) is 0 Å². The summed E-state index contributed by atoms with van der Waals surface area (Å²) in [5, 5.41) is 0. The molecule has 3 nitrogen and oxygen atoms in total. The fourth-order valence-electron chi connectivity index (χ4n) is 0. The molecule has 6 heavy (non-hydrogen) atoms. The topological polar surface area (TPSA) is 85.5 Å². The van der Waals surface area contributed by atoms with Crippen LogP contribution in [0.3, 0.4) is 0 Å². The summed E-state index contributed by atoms with van der Waals surface area (Å²) < 4.78 is 0. The van der Waals surface area contributed by atoms with Crippen molar-refractivity contribution in [1.82, 2.24) is 0 Å². The van der Waals surface area contributed by atoms with Crippen LogP contribution in [0, 0.1) is 76.3 Å². The molecule has 0 rings (SSSR count). The molecule has 0 aromatic rings. The average Bonchev–Trinajstić information content (AvgIpc) is 0. The van der Waals surface area contributed by atoms with Crippen molar-refractivity contribution < 1.29 is 97.5 Å². The fraction of sp³-hybridized carbons (Fsp3) is 0. The molecule has 0 unspecified atom stereocenters. The number of hydrogen-bond acceptors (Lipinski definition) is 0. The molecule has 0 saturated heterocycles. The molecule has 6 heteroatoms. The molecule has 0 bridgehead atoms. The first kappa shape index (κ1) is 81.5. The zero-order valence-corrected chi connectivity index (χ0v) is 6.32. The van der Waals surface area contributed by atoms with E-state index in [-0.39, 0.29) is 97.5 Å². The average molecular weight is 393 g/mol. The van der Waals surface area contributed by atoms with Gasteiger partial charge in [-0.25, -0.2) is 0 Å². The van der Waals surface area contributed by atoms with E-state index in [0.717, 1.165) is 0 Å². The Kier molecular flexibility index (Phi) is 727. The van der Waals surface area contributed by atoms with Gasteiger partial charge >= 0.3 is 76.3 Å². The second kappa shape index (κ2) is 53.5. The first-order chi connectivity index (χ1) is 0. The summed E-state index contributed by atoms with van der Waals surface area (Å²) in [6.45, 7) is 0. The van der Waals surface area contributed by atoms with Gasteiger partial charge in [0.2, 0.25) is 0 Å². The zero-order valence-electron chi connectivity index (χ0n) is 2.27. The molecule has 0 aliphatic rings. The molecule has 0 N–H and O–H groups in total. The number of rotatable bonds is 0. The Morgan fingerprint density at radius 3 is 0.500 bits per heavy atom. The molecule has 0 fully saturated rings. The largest absolute Gasteiger partial charge is 3.00 e. The predicted molar refractivity (Wildman–Crippen MR) is 4.56 cm³/mol. The quantitative estimate of drug-likeness (QED) is 0.546. The van der Waals surface area contributed by atoms with Crippen LogP contribution in [0.25, 0.3) is 0 Å². The Balaban J connectivity index is 0. The second-order valence-corrected chi connectivity index (χ2v) is 0. The van der Waals surface area contributed by atoms with Crippen LogP contribution in [0.4, 0.5) is 4.70 Å². The molecule has 0 aromatic heterocycles. The van der Waals surface area contributed by atoms with E-state index in [1.54, 1.807) is 0 Å². The molecular weight excluding hydrogens is 392 g/mol. The minimum Gasteiger partial charge on any atom is -2.00 e. The first-order valence-corrected chi connectivity index (χ1v) is 0. The second-order valence-electron chi connectivity index (χ2n) is 0. The molecule has 46 valence electrons. The van der Waals surface area contributed by atoms with E-state index in [0.29, 0.717) is 0 Å². The maximum Gasteiger partial charge on any atom is 3.00 e. The SMILES string of the molecule is F.[Dy+3].[Dy+3].[O-2].[O-2].[O-2]. The number of halogens is 1. The van der Waals surface area contributed by atoms with E-state index in [1.807, 2.05) is 0 Å². The molecule has 0 aliphatic carbocycles. The number of hydrogen-bond donors (Lipinski definition) is 0. The van der Waals surface area contributed by atoms with Gasteiger partial charge in [-0.05, 0) is 0 Å². The Labute approximate surface area is 95.6 Å².